The maximum absolute atomic E-state index is 13.1. The summed E-state index contributed by atoms with van der Waals surface area (Å²) in [6, 6.07) is 0.488. The van der Waals surface area contributed by atoms with Gasteiger partial charge in [0.1, 0.15) is 0 Å². The van der Waals surface area contributed by atoms with Gasteiger partial charge >= 0.3 is 0 Å². The molecule has 0 aromatic heterocycles. The van der Waals surface area contributed by atoms with Gasteiger partial charge in [-0.05, 0) is 39.5 Å². The first-order chi connectivity index (χ1) is 9.75. The fraction of sp³-hybridized carbons (Fsp3) is 1.00. The van der Waals surface area contributed by atoms with Crippen molar-refractivity contribution < 1.29 is 8.42 Å². The number of rotatable bonds is 5. The van der Waals surface area contributed by atoms with E-state index in [1.165, 1.54) is 0 Å². The maximum atomic E-state index is 13.1. The van der Waals surface area contributed by atoms with Gasteiger partial charge in [0.25, 0.3) is 10.2 Å². The molecule has 0 aromatic carbocycles. The first kappa shape index (κ1) is 17.2. The van der Waals surface area contributed by atoms with Gasteiger partial charge in [0.05, 0.1) is 0 Å². The highest BCUT2D eigenvalue weighted by molar-refractivity contribution is 7.86. The van der Waals surface area contributed by atoms with Gasteiger partial charge in [0.2, 0.25) is 0 Å². The summed E-state index contributed by atoms with van der Waals surface area (Å²) in [6.07, 6.45) is 4.99. The first-order valence-corrected chi connectivity index (χ1v) is 9.68. The molecule has 0 aromatic rings. The average molecular weight is 317 g/mol. The molecule has 2 saturated heterocycles. The molecular formula is C15H31N3O2S. The Kier molecular flexibility index (Phi) is 5.34. The molecule has 2 heterocycles. The number of hydrogen-bond acceptors (Lipinski definition) is 3. The molecule has 0 spiro atoms. The highest BCUT2D eigenvalue weighted by Crippen LogP contribution is 2.34. The van der Waals surface area contributed by atoms with Gasteiger partial charge < -0.3 is 5.32 Å². The minimum absolute atomic E-state index is 0.0996. The summed E-state index contributed by atoms with van der Waals surface area (Å²) in [5, 5.41) is 3.40. The van der Waals surface area contributed by atoms with Crippen LogP contribution in [0.15, 0.2) is 0 Å². The van der Waals surface area contributed by atoms with E-state index in [-0.39, 0.29) is 11.6 Å². The standard InChI is InChI=1S/C15H31N3O2S/c1-13(2)16-12-14-8-5-6-10-17(14)21(19,20)18-11-7-9-15(18,3)4/h13-14,16H,5-12H2,1-4H3. The quantitative estimate of drug-likeness (QED) is 0.843. The molecule has 1 N–H and O–H groups in total. The van der Waals surface area contributed by atoms with Crippen molar-refractivity contribution in [2.75, 3.05) is 19.6 Å². The van der Waals surface area contributed by atoms with Crippen molar-refractivity contribution in [2.24, 2.45) is 0 Å². The maximum Gasteiger partial charge on any atom is 0.282 e. The van der Waals surface area contributed by atoms with Crippen molar-refractivity contribution in [3.05, 3.63) is 0 Å². The Morgan fingerprint density at radius 3 is 2.48 bits per heavy atom. The molecule has 0 amide bonds. The second-order valence-electron chi connectivity index (χ2n) is 7.32. The van der Waals surface area contributed by atoms with E-state index in [0.29, 0.717) is 19.1 Å². The minimum Gasteiger partial charge on any atom is -0.313 e. The summed E-state index contributed by atoms with van der Waals surface area (Å²) in [4.78, 5) is 0. The predicted molar refractivity (Wildman–Crippen MR) is 86.4 cm³/mol. The van der Waals surface area contributed by atoms with Crippen LogP contribution >= 0.6 is 0 Å². The zero-order valence-electron chi connectivity index (χ0n) is 13.9. The van der Waals surface area contributed by atoms with Crippen LogP contribution in [0.1, 0.15) is 59.8 Å². The predicted octanol–water partition coefficient (Wildman–Crippen LogP) is 1.96. The van der Waals surface area contributed by atoms with E-state index >= 15 is 0 Å². The van der Waals surface area contributed by atoms with E-state index in [9.17, 15) is 8.42 Å². The third-order valence-electron chi connectivity index (χ3n) is 4.73. The molecule has 5 nitrogen and oxygen atoms in total. The molecule has 0 saturated carbocycles. The normalized spacial score (nSPS) is 28.3. The van der Waals surface area contributed by atoms with E-state index in [0.717, 1.165) is 38.6 Å². The van der Waals surface area contributed by atoms with Gasteiger partial charge in [0.15, 0.2) is 0 Å². The molecule has 124 valence electrons. The highest BCUT2D eigenvalue weighted by Gasteiger charge is 2.45. The van der Waals surface area contributed by atoms with Crippen LogP contribution in [0.2, 0.25) is 0 Å². The molecule has 1 unspecified atom stereocenters. The smallest absolute Gasteiger partial charge is 0.282 e. The molecule has 2 aliphatic rings. The van der Waals surface area contributed by atoms with Crippen molar-refractivity contribution >= 4 is 10.2 Å². The van der Waals surface area contributed by atoms with Gasteiger partial charge in [-0.2, -0.15) is 17.0 Å². The van der Waals surface area contributed by atoms with Crippen LogP contribution in [0.5, 0.6) is 0 Å². The van der Waals surface area contributed by atoms with Crippen LogP contribution in [0.4, 0.5) is 0 Å². The Morgan fingerprint density at radius 2 is 1.90 bits per heavy atom. The molecule has 2 aliphatic heterocycles. The average Bonchev–Trinajstić information content (AvgIpc) is 2.77. The summed E-state index contributed by atoms with van der Waals surface area (Å²) in [5.41, 5.74) is -0.244. The molecular weight excluding hydrogens is 286 g/mol. The van der Waals surface area contributed by atoms with Crippen molar-refractivity contribution in [2.45, 2.75) is 77.4 Å². The second-order valence-corrected chi connectivity index (χ2v) is 9.12. The number of piperidine rings is 1. The van der Waals surface area contributed by atoms with E-state index in [2.05, 4.69) is 19.2 Å². The third-order valence-corrected chi connectivity index (χ3v) is 7.04. The lowest BCUT2D eigenvalue weighted by Gasteiger charge is -2.41. The molecule has 2 rings (SSSR count). The molecule has 21 heavy (non-hydrogen) atoms. The summed E-state index contributed by atoms with van der Waals surface area (Å²) in [6.45, 7) is 10.4. The fourth-order valence-corrected chi connectivity index (χ4v) is 5.74. The zero-order valence-corrected chi connectivity index (χ0v) is 14.7. The van der Waals surface area contributed by atoms with Crippen molar-refractivity contribution in [3.63, 3.8) is 0 Å². The summed E-state index contributed by atoms with van der Waals surface area (Å²) in [5.74, 6) is 0. The SMILES string of the molecule is CC(C)NCC1CCCCN1S(=O)(=O)N1CCCC1(C)C. The molecule has 0 aliphatic carbocycles. The molecule has 0 radical (unpaired) electrons. The summed E-state index contributed by atoms with van der Waals surface area (Å²) < 4.78 is 29.7. The molecule has 2 fully saturated rings. The zero-order chi connectivity index (χ0) is 15.7. The van der Waals surface area contributed by atoms with Crippen LogP contribution in [-0.2, 0) is 10.2 Å². The lowest BCUT2D eigenvalue weighted by molar-refractivity contribution is 0.203. The largest absolute Gasteiger partial charge is 0.313 e. The Bertz CT molecular complexity index is 448. The van der Waals surface area contributed by atoms with E-state index in [4.69, 9.17) is 0 Å². The topological polar surface area (TPSA) is 52.7 Å². The lowest BCUT2D eigenvalue weighted by atomic mass is 10.0. The second kappa shape index (κ2) is 6.52. The van der Waals surface area contributed by atoms with Gasteiger partial charge in [-0.15, -0.1) is 0 Å². The van der Waals surface area contributed by atoms with Crippen LogP contribution < -0.4 is 5.32 Å². The van der Waals surface area contributed by atoms with Crippen LogP contribution in [0.25, 0.3) is 0 Å². The molecule has 6 heteroatoms. The van der Waals surface area contributed by atoms with E-state index in [1.807, 2.05) is 13.8 Å². The Labute approximate surface area is 130 Å². The molecule has 1 atom stereocenters. The molecule has 0 bridgehead atoms. The Balaban J connectivity index is 2.15. The first-order valence-electron chi connectivity index (χ1n) is 8.28. The van der Waals surface area contributed by atoms with E-state index in [1.54, 1.807) is 8.61 Å². The number of nitrogens with zero attached hydrogens (tertiary/aromatic N) is 2. The summed E-state index contributed by atoms with van der Waals surface area (Å²) >= 11 is 0. The highest BCUT2D eigenvalue weighted by atomic mass is 32.2. The monoisotopic (exact) mass is 317 g/mol. The third kappa shape index (κ3) is 3.78. The van der Waals surface area contributed by atoms with Crippen LogP contribution in [0, 0.1) is 0 Å². The van der Waals surface area contributed by atoms with Gasteiger partial charge in [-0.25, -0.2) is 0 Å². The van der Waals surface area contributed by atoms with Gasteiger partial charge in [0, 0.05) is 37.3 Å². The summed E-state index contributed by atoms with van der Waals surface area (Å²) in [7, 11) is -3.34. The van der Waals surface area contributed by atoms with Crippen molar-refractivity contribution in [1.29, 1.82) is 0 Å². The Morgan fingerprint density at radius 1 is 1.19 bits per heavy atom. The number of hydrogen-bond donors (Lipinski definition) is 1. The van der Waals surface area contributed by atoms with E-state index < -0.39 is 10.2 Å². The van der Waals surface area contributed by atoms with Gasteiger partial charge in [-0.1, -0.05) is 20.3 Å². The lowest BCUT2D eigenvalue weighted by Crippen LogP contribution is -2.56. The van der Waals surface area contributed by atoms with Gasteiger partial charge in [-0.3, -0.25) is 0 Å². The number of nitrogens with one attached hydrogen (secondary N) is 1. The van der Waals surface area contributed by atoms with Crippen LogP contribution in [-0.4, -0.2) is 54.3 Å². The fourth-order valence-electron chi connectivity index (χ4n) is 3.49. The minimum atomic E-state index is -3.34. The van der Waals surface area contributed by atoms with Crippen molar-refractivity contribution in [3.8, 4) is 0 Å². The van der Waals surface area contributed by atoms with Crippen LogP contribution in [0.3, 0.4) is 0 Å². The Hall–Kier alpha value is -0.170. The van der Waals surface area contributed by atoms with Crippen molar-refractivity contribution in [1.82, 2.24) is 13.9 Å².